The van der Waals surface area contributed by atoms with Gasteiger partial charge in [-0.05, 0) is 42.5 Å². The standard InChI is InChI=1S/C19H17N3O5S/c1-22(28(2,25)26)15-6-3-13(4-7-15)18(23)12-27-19(24)14-5-8-16-17(11-14)21-10-9-20-16/h3-11H,12H2,1-2H3. The lowest BCUT2D eigenvalue weighted by Gasteiger charge is -2.16. The molecule has 0 amide bonds. The Hall–Kier alpha value is -3.33. The molecule has 0 saturated heterocycles. The van der Waals surface area contributed by atoms with Crippen LogP contribution in [0.4, 0.5) is 5.69 Å². The highest BCUT2D eigenvalue weighted by Gasteiger charge is 2.15. The molecule has 0 aliphatic rings. The molecule has 3 rings (SSSR count). The molecule has 28 heavy (non-hydrogen) atoms. The van der Waals surface area contributed by atoms with Gasteiger partial charge >= 0.3 is 5.97 Å². The van der Waals surface area contributed by atoms with Gasteiger partial charge in [0, 0.05) is 25.0 Å². The van der Waals surface area contributed by atoms with Gasteiger partial charge in [0.15, 0.2) is 12.4 Å². The SMILES string of the molecule is CN(c1ccc(C(=O)COC(=O)c2ccc3nccnc3c2)cc1)S(C)(=O)=O. The summed E-state index contributed by atoms with van der Waals surface area (Å²) in [6.07, 6.45) is 4.16. The number of nitrogens with zero attached hydrogens (tertiary/aromatic N) is 3. The lowest BCUT2D eigenvalue weighted by molar-refractivity contribution is 0.0475. The fourth-order valence-electron chi connectivity index (χ4n) is 2.44. The number of hydrogen-bond donors (Lipinski definition) is 0. The summed E-state index contributed by atoms with van der Waals surface area (Å²) in [5.41, 5.74) is 2.20. The van der Waals surface area contributed by atoms with Gasteiger partial charge in [0.1, 0.15) is 0 Å². The molecule has 9 heteroatoms. The summed E-state index contributed by atoms with van der Waals surface area (Å²) in [6.45, 7) is -0.432. The average Bonchev–Trinajstić information content (AvgIpc) is 2.70. The summed E-state index contributed by atoms with van der Waals surface area (Å²) in [6, 6.07) is 10.7. The van der Waals surface area contributed by atoms with Gasteiger partial charge in [0.25, 0.3) is 0 Å². The second-order valence-electron chi connectivity index (χ2n) is 6.04. The van der Waals surface area contributed by atoms with Crippen molar-refractivity contribution >= 4 is 38.5 Å². The predicted octanol–water partition coefficient (Wildman–Crippen LogP) is 2.07. The minimum Gasteiger partial charge on any atom is -0.454 e. The lowest BCUT2D eigenvalue weighted by atomic mass is 10.1. The number of ketones is 1. The van der Waals surface area contributed by atoms with Crippen molar-refractivity contribution in [2.75, 3.05) is 24.2 Å². The smallest absolute Gasteiger partial charge is 0.338 e. The van der Waals surface area contributed by atoms with E-state index in [-0.39, 0.29) is 5.56 Å². The van der Waals surface area contributed by atoms with E-state index in [0.717, 1.165) is 10.6 Å². The maximum absolute atomic E-state index is 12.2. The highest BCUT2D eigenvalue weighted by molar-refractivity contribution is 7.92. The Bertz CT molecular complexity index is 1140. The first-order valence-electron chi connectivity index (χ1n) is 8.21. The quantitative estimate of drug-likeness (QED) is 0.461. The Morgan fingerprint density at radius 3 is 2.21 bits per heavy atom. The van der Waals surface area contributed by atoms with Gasteiger partial charge in [-0.15, -0.1) is 0 Å². The molecule has 0 N–H and O–H groups in total. The molecular weight excluding hydrogens is 382 g/mol. The van der Waals surface area contributed by atoms with E-state index in [2.05, 4.69) is 9.97 Å². The molecule has 0 atom stereocenters. The van der Waals surface area contributed by atoms with Gasteiger partial charge in [-0.1, -0.05) is 0 Å². The molecule has 0 fully saturated rings. The summed E-state index contributed by atoms with van der Waals surface area (Å²) in [7, 11) is -1.97. The monoisotopic (exact) mass is 399 g/mol. The van der Waals surface area contributed by atoms with E-state index in [0.29, 0.717) is 22.3 Å². The fraction of sp³-hybridized carbons (Fsp3) is 0.158. The molecule has 0 unspecified atom stereocenters. The highest BCUT2D eigenvalue weighted by Crippen LogP contribution is 2.17. The van der Waals surface area contributed by atoms with Crippen LogP contribution in [0.15, 0.2) is 54.9 Å². The Morgan fingerprint density at radius 2 is 1.57 bits per heavy atom. The molecule has 0 aliphatic carbocycles. The van der Waals surface area contributed by atoms with Crippen molar-refractivity contribution in [3.8, 4) is 0 Å². The summed E-state index contributed by atoms with van der Waals surface area (Å²) >= 11 is 0. The van der Waals surface area contributed by atoms with Crippen molar-refractivity contribution in [1.82, 2.24) is 9.97 Å². The summed E-state index contributed by atoms with van der Waals surface area (Å²) in [5.74, 6) is -1.04. The van der Waals surface area contributed by atoms with E-state index in [9.17, 15) is 18.0 Å². The van der Waals surface area contributed by atoms with E-state index in [1.165, 1.54) is 37.5 Å². The number of fused-ring (bicyclic) bond motifs is 1. The minimum atomic E-state index is -3.39. The van der Waals surface area contributed by atoms with Crippen molar-refractivity contribution < 1.29 is 22.7 Å². The van der Waals surface area contributed by atoms with Crippen LogP contribution in [-0.4, -0.2) is 50.0 Å². The minimum absolute atomic E-state index is 0.269. The summed E-state index contributed by atoms with van der Waals surface area (Å²) in [4.78, 5) is 32.7. The third-order valence-corrected chi connectivity index (χ3v) is 5.30. The molecule has 0 bridgehead atoms. The van der Waals surface area contributed by atoms with Gasteiger partial charge in [0.05, 0.1) is 28.5 Å². The summed E-state index contributed by atoms with van der Waals surface area (Å²) in [5, 5.41) is 0. The van der Waals surface area contributed by atoms with Gasteiger partial charge in [-0.3, -0.25) is 19.1 Å². The van der Waals surface area contributed by atoms with Gasteiger partial charge in [-0.25, -0.2) is 13.2 Å². The van der Waals surface area contributed by atoms with Gasteiger partial charge < -0.3 is 4.74 Å². The van der Waals surface area contributed by atoms with Gasteiger partial charge in [0.2, 0.25) is 10.0 Å². The first-order valence-corrected chi connectivity index (χ1v) is 10.1. The van der Waals surface area contributed by atoms with Crippen LogP contribution in [0.5, 0.6) is 0 Å². The lowest BCUT2D eigenvalue weighted by Crippen LogP contribution is -2.24. The number of aromatic nitrogens is 2. The maximum Gasteiger partial charge on any atom is 0.338 e. The van der Waals surface area contributed by atoms with E-state index in [1.807, 2.05) is 0 Å². The van der Waals surface area contributed by atoms with Crippen molar-refractivity contribution in [2.24, 2.45) is 0 Å². The number of carbonyl (C=O) groups excluding carboxylic acids is 2. The number of hydrogen-bond acceptors (Lipinski definition) is 7. The van der Waals surface area contributed by atoms with E-state index >= 15 is 0 Å². The second-order valence-corrected chi connectivity index (χ2v) is 8.05. The zero-order valence-electron chi connectivity index (χ0n) is 15.2. The Balaban J connectivity index is 1.65. The zero-order valence-corrected chi connectivity index (χ0v) is 16.0. The number of sulfonamides is 1. The van der Waals surface area contributed by atoms with Crippen molar-refractivity contribution in [3.63, 3.8) is 0 Å². The maximum atomic E-state index is 12.2. The third-order valence-electron chi connectivity index (χ3n) is 4.09. The van der Waals surface area contributed by atoms with Crippen molar-refractivity contribution in [2.45, 2.75) is 0 Å². The Kier molecular flexibility index (Phi) is 5.36. The molecule has 8 nitrogen and oxygen atoms in total. The number of esters is 1. The van der Waals surface area contributed by atoms with Crippen LogP contribution in [0, 0.1) is 0 Å². The van der Waals surface area contributed by atoms with E-state index < -0.39 is 28.4 Å². The van der Waals surface area contributed by atoms with Crippen LogP contribution >= 0.6 is 0 Å². The predicted molar refractivity (Wildman–Crippen MR) is 104 cm³/mol. The molecule has 0 spiro atoms. The van der Waals surface area contributed by atoms with Crippen molar-refractivity contribution in [1.29, 1.82) is 0 Å². The highest BCUT2D eigenvalue weighted by atomic mass is 32.2. The van der Waals surface area contributed by atoms with Crippen molar-refractivity contribution in [3.05, 3.63) is 66.0 Å². The number of anilines is 1. The molecule has 0 saturated carbocycles. The normalized spacial score (nSPS) is 11.2. The molecule has 1 heterocycles. The second kappa shape index (κ2) is 7.73. The number of Topliss-reactive ketones (excluding diaryl/α,β-unsaturated/α-hetero) is 1. The van der Waals surface area contributed by atoms with Crippen LogP contribution in [-0.2, 0) is 14.8 Å². The topological polar surface area (TPSA) is 107 Å². The molecule has 0 aliphatic heterocycles. The molecule has 1 aromatic heterocycles. The average molecular weight is 399 g/mol. The molecule has 144 valence electrons. The van der Waals surface area contributed by atoms with Crippen LogP contribution in [0.25, 0.3) is 11.0 Å². The molecule has 2 aromatic carbocycles. The fourth-order valence-corrected chi connectivity index (χ4v) is 2.94. The molecule has 3 aromatic rings. The van der Waals surface area contributed by atoms with Gasteiger partial charge in [-0.2, -0.15) is 0 Å². The van der Waals surface area contributed by atoms with Crippen LogP contribution in [0.3, 0.4) is 0 Å². The largest absolute Gasteiger partial charge is 0.454 e. The van der Waals surface area contributed by atoms with E-state index in [4.69, 9.17) is 4.74 Å². The van der Waals surface area contributed by atoms with Crippen LogP contribution < -0.4 is 4.31 Å². The number of benzene rings is 2. The summed E-state index contributed by atoms with van der Waals surface area (Å²) < 4.78 is 29.3. The first-order chi connectivity index (χ1) is 13.3. The third kappa shape index (κ3) is 4.32. The zero-order chi connectivity index (χ0) is 20.3. The Labute approximate surface area is 161 Å². The Morgan fingerprint density at radius 1 is 0.964 bits per heavy atom. The van der Waals surface area contributed by atoms with Crippen LogP contribution in [0.2, 0.25) is 0 Å². The number of rotatable bonds is 6. The van der Waals surface area contributed by atoms with E-state index in [1.54, 1.807) is 24.4 Å². The number of ether oxygens (including phenoxy) is 1. The number of carbonyl (C=O) groups is 2. The molecular formula is C19H17N3O5S. The molecule has 0 radical (unpaired) electrons. The first kappa shape index (κ1) is 19.4. The van der Waals surface area contributed by atoms with Crippen LogP contribution in [0.1, 0.15) is 20.7 Å².